The van der Waals surface area contributed by atoms with Crippen molar-refractivity contribution in [2.75, 3.05) is 12.4 Å². The number of aromatic nitrogens is 2. The predicted molar refractivity (Wildman–Crippen MR) is 111 cm³/mol. The number of hydrogen-bond acceptors (Lipinski definition) is 6. The number of halogens is 1. The van der Waals surface area contributed by atoms with E-state index in [9.17, 15) is 24.1 Å². The van der Waals surface area contributed by atoms with Gasteiger partial charge in [-0.15, -0.1) is 0 Å². The molecule has 3 aromatic rings. The van der Waals surface area contributed by atoms with Crippen molar-refractivity contribution < 1.29 is 18.8 Å². The molecule has 9 nitrogen and oxygen atoms in total. The first-order valence-corrected chi connectivity index (χ1v) is 9.14. The van der Waals surface area contributed by atoms with Crippen molar-refractivity contribution in [3.05, 3.63) is 80.9 Å². The molecular formula is C21H19FN4O5. The van der Waals surface area contributed by atoms with Crippen LogP contribution in [0.5, 0.6) is 5.75 Å². The Labute approximate surface area is 176 Å². The fraction of sp³-hybridized carbons (Fsp3) is 0.190. The summed E-state index contributed by atoms with van der Waals surface area (Å²) in [6, 6.07) is 12.0. The van der Waals surface area contributed by atoms with Crippen LogP contribution in [-0.4, -0.2) is 27.7 Å². The number of carbonyl (C=O) groups excluding carboxylic acids is 1. The Morgan fingerprint density at radius 1 is 1.16 bits per heavy atom. The van der Waals surface area contributed by atoms with Gasteiger partial charge in [-0.1, -0.05) is 0 Å². The summed E-state index contributed by atoms with van der Waals surface area (Å²) in [4.78, 5) is 36.0. The molecule has 0 saturated heterocycles. The molecule has 1 N–H and O–H groups in total. The Hall–Kier alpha value is -4.08. The third-order valence-corrected chi connectivity index (χ3v) is 4.67. The molecule has 2 aromatic carbocycles. The van der Waals surface area contributed by atoms with E-state index in [1.807, 2.05) is 0 Å². The minimum atomic E-state index is -1.47. The number of nitrogens with zero attached hydrogens (tertiary/aromatic N) is 3. The second kappa shape index (κ2) is 8.34. The van der Waals surface area contributed by atoms with Crippen molar-refractivity contribution in [3.63, 3.8) is 0 Å². The summed E-state index contributed by atoms with van der Waals surface area (Å²) in [5.41, 5.74) is -1.22. The van der Waals surface area contributed by atoms with E-state index in [4.69, 9.17) is 4.74 Å². The molecule has 0 saturated carbocycles. The maximum Gasteiger partial charge on any atom is 0.271 e. The van der Waals surface area contributed by atoms with Crippen LogP contribution in [0.4, 0.5) is 15.8 Å². The van der Waals surface area contributed by atoms with Crippen molar-refractivity contribution in [2.24, 2.45) is 0 Å². The van der Waals surface area contributed by atoms with Crippen molar-refractivity contribution in [1.29, 1.82) is 0 Å². The van der Waals surface area contributed by atoms with Crippen LogP contribution in [0.1, 0.15) is 13.8 Å². The molecule has 31 heavy (non-hydrogen) atoms. The van der Waals surface area contributed by atoms with Crippen LogP contribution in [0.25, 0.3) is 11.3 Å². The van der Waals surface area contributed by atoms with Crippen LogP contribution in [0.2, 0.25) is 0 Å². The minimum Gasteiger partial charge on any atom is -0.495 e. The van der Waals surface area contributed by atoms with Gasteiger partial charge in [-0.2, -0.15) is 5.10 Å². The molecule has 1 aromatic heterocycles. The van der Waals surface area contributed by atoms with Crippen LogP contribution in [0, 0.1) is 15.9 Å². The number of ether oxygens (including phenoxy) is 1. The van der Waals surface area contributed by atoms with Crippen molar-refractivity contribution >= 4 is 17.3 Å². The molecule has 0 aliphatic heterocycles. The number of rotatable bonds is 6. The van der Waals surface area contributed by atoms with Crippen LogP contribution >= 0.6 is 0 Å². The van der Waals surface area contributed by atoms with E-state index < -0.39 is 27.7 Å². The zero-order valence-corrected chi connectivity index (χ0v) is 17.0. The summed E-state index contributed by atoms with van der Waals surface area (Å²) in [6.07, 6.45) is 0. The fourth-order valence-electron chi connectivity index (χ4n) is 2.86. The molecule has 10 heteroatoms. The smallest absolute Gasteiger partial charge is 0.271 e. The normalized spacial score (nSPS) is 11.1. The van der Waals surface area contributed by atoms with Gasteiger partial charge in [0.25, 0.3) is 17.2 Å². The Morgan fingerprint density at radius 2 is 1.84 bits per heavy atom. The fourth-order valence-corrected chi connectivity index (χ4v) is 2.86. The van der Waals surface area contributed by atoms with Crippen molar-refractivity contribution in [3.8, 4) is 17.0 Å². The maximum atomic E-state index is 13.2. The van der Waals surface area contributed by atoms with Gasteiger partial charge < -0.3 is 10.1 Å². The molecule has 0 fully saturated rings. The number of methoxy groups -OCH3 is 1. The summed E-state index contributed by atoms with van der Waals surface area (Å²) in [6.45, 7) is 2.96. The van der Waals surface area contributed by atoms with Gasteiger partial charge in [-0.25, -0.2) is 9.07 Å². The molecular weight excluding hydrogens is 407 g/mol. The molecule has 0 aliphatic carbocycles. The molecule has 0 aliphatic rings. The average Bonchev–Trinajstić information content (AvgIpc) is 2.74. The molecule has 1 heterocycles. The molecule has 0 radical (unpaired) electrons. The van der Waals surface area contributed by atoms with E-state index in [-0.39, 0.29) is 17.1 Å². The average molecular weight is 426 g/mol. The van der Waals surface area contributed by atoms with Crippen LogP contribution in [-0.2, 0) is 10.3 Å². The first-order chi connectivity index (χ1) is 14.6. The van der Waals surface area contributed by atoms with E-state index >= 15 is 0 Å². The van der Waals surface area contributed by atoms with Crippen molar-refractivity contribution in [1.82, 2.24) is 9.78 Å². The lowest BCUT2D eigenvalue weighted by Gasteiger charge is -2.25. The number of anilines is 1. The lowest BCUT2D eigenvalue weighted by atomic mass is 10.0. The summed E-state index contributed by atoms with van der Waals surface area (Å²) >= 11 is 0. The first-order valence-electron chi connectivity index (χ1n) is 9.14. The second-order valence-electron chi connectivity index (χ2n) is 7.13. The molecule has 0 spiro atoms. The van der Waals surface area contributed by atoms with Gasteiger partial charge in [0.1, 0.15) is 17.1 Å². The Bertz CT molecular complexity index is 1210. The third-order valence-electron chi connectivity index (χ3n) is 4.67. The summed E-state index contributed by atoms with van der Waals surface area (Å²) in [5.74, 6) is -0.838. The largest absolute Gasteiger partial charge is 0.495 e. The predicted octanol–water partition coefficient (Wildman–Crippen LogP) is 3.34. The molecule has 0 atom stereocenters. The Morgan fingerprint density at radius 3 is 2.45 bits per heavy atom. The number of nitrogens with one attached hydrogen (secondary N) is 1. The highest BCUT2D eigenvalue weighted by atomic mass is 19.1. The van der Waals surface area contributed by atoms with Gasteiger partial charge in [0, 0.05) is 23.8 Å². The lowest BCUT2D eigenvalue weighted by Crippen LogP contribution is -2.47. The summed E-state index contributed by atoms with van der Waals surface area (Å²) in [5, 5.41) is 17.9. The van der Waals surface area contributed by atoms with Gasteiger partial charge >= 0.3 is 0 Å². The van der Waals surface area contributed by atoms with E-state index in [0.29, 0.717) is 11.3 Å². The topological polar surface area (TPSA) is 116 Å². The van der Waals surface area contributed by atoms with Crippen LogP contribution in [0.3, 0.4) is 0 Å². The van der Waals surface area contributed by atoms with Gasteiger partial charge in [0.15, 0.2) is 0 Å². The van der Waals surface area contributed by atoms with Crippen LogP contribution in [0.15, 0.2) is 59.4 Å². The summed E-state index contributed by atoms with van der Waals surface area (Å²) in [7, 11) is 1.36. The first kappa shape index (κ1) is 21.6. The van der Waals surface area contributed by atoms with Gasteiger partial charge in [-0.05, 0) is 50.2 Å². The zero-order chi connectivity index (χ0) is 22.8. The highest BCUT2D eigenvalue weighted by molar-refractivity contribution is 5.97. The molecule has 160 valence electrons. The SMILES string of the molecule is COc1ccc([N+](=O)[O-])cc1NC(=O)C(C)(C)n1nc(-c2ccc(F)cc2)ccc1=O. The molecule has 0 bridgehead atoms. The number of amides is 1. The minimum absolute atomic E-state index is 0.0810. The zero-order valence-electron chi connectivity index (χ0n) is 17.0. The third kappa shape index (κ3) is 4.42. The van der Waals surface area contributed by atoms with E-state index in [0.717, 1.165) is 10.7 Å². The van der Waals surface area contributed by atoms with Gasteiger partial charge in [0.05, 0.1) is 23.4 Å². The number of non-ortho nitro benzene ring substituents is 1. The number of nitro benzene ring substituents is 1. The molecule has 1 amide bonds. The standard InChI is InChI=1S/C21H19FN4O5/c1-21(2,20(28)23-17-12-15(26(29)30)8-10-18(17)31-3)25-19(27)11-9-16(24-25)13-4-6-14(22)7-5-13/h4-12H,1-3H3,(H,23,28). The lowest BCUT2D eigenvalue weighted by molar-refractivity contribution is -0.384. The van der Waals surface area contributed by atoms with Crippen molar-refractivity contribution in [2.45, 2.75) is 19.4 Å². The highest BCUT2D eigenvalue weighted by Crippen LogP contribution is 2.30. The second-order valence-corrected chi connectivity index (χ2v) is 7.13. The number of hydrogen-bond donors (Lipinski definition) is 1. The van der Waals surface area contributed by atoms with Gasteiger partial charge in [-0.3, -0.25) is 19.7 Å². The quantitative estimate of drug-likeness (QED) is 0.477. The molecule has 3 rings (SSSR count). The van der Waals surface area contributed by atoms with Gasteiger partial charge in [0.2, 0.25) is 0 Å². The van der Waals surface area contributed by atoms with E-state index in [2.05, 4.69) is 10.4 Å². The Kier molecular flexibility index (Phi) is 5.82. The number of benzene rings is 2. The van der Waals surface area contributed by atoms with E-state index in [1.165, 1.54) is 69.5 Å². The highest BCUT2D eigenvalue weighted by Gasteiger charge is 2.33. The summed E-state index contributed by atoms with van der Waals surface area (Å²) < 4.78 is 19.4. The molecule has 0 unspecified atom stereocenters. The van der Waals surface area contributed by atoms with E-state index in [1.54, 1.807) is 0 Å². The maximum absolute atomic E-state index is 13.2. The number of nitro groups is 1. The van der Waals surface area contributed by atoms with Crippen LogP contribution < -0.4 is 15.6 Å². The Balaban J connectivity index is 1.98. The monoisotopic (exact) mass is 426 g/mol. The number of carbonyl (C=O) groups is 1.